The van der Waals surface area contributed by atoms with Crippen LogP contribution in [-0.4, -0.2) is 11.5 Å². The van der Waals surface area contributed by atoms with Gasteiger partial charge in [0, 0.05) is 5.56 Å². The van der Waals surface area contributed by atoms with E-state index in [1.807, 2.05) is 41.7 Å². The molecule has 0 N–H and O–H groups in total. The molecule has 1 saturated heterocycles. The summed E-state index contributed by atoms with van der Waals surface area (Å²) in [5.41, 5.74) is 2.41. The fourth-order valence-electron chi connectivity index (χ4n) is 2.18. The normalized spacial score (nSPS) is 17.0. The van der Waals surface area contributed by atoms with E-state index in [1.54, 1.807) is 0 Å². The molecule has 2 aromatic carbocycles. The van der Waals surface area contributed by atoms with Gasteiger partial charge in [-0.2, -0.15) is 0 Å². The summed E-state index contributed by atoms with van der Waals surface area (Å²) in [5, 5.41) is 0. The van der Waals surface area contributed by atoms with E-state index in [0.717, 1.165) is 5.56 Å². The zero-order valence-electron chi connectivity index (χ0n) is 11.2. The first-order valence-corrected chi connectivity index (χ1v) is 8.78. The maximum atomic E-state index is 3.54. The first-order valence-electron chi connectivity index (χ1n) is 6.81. The smallest absolute Gasteiger partial charge is 0.127 e. The Bertz CT molecular complexity index is 602. The Hall–Kier alpha value is -1.30. The minimum atomic E-state index is -0.102. The van der Waals surface area contributed by atoms with Crippen LogP contribution in [0.3, 0.4) is 0 Å². The SMILES string of the molecule is C(#CC1(c2ccccc2)SCCCS1)c1ccccc1. The molecule has 0 nitrogen and oxygen atoms in total. The summed E-state index contributed by atoms with van der Waals surface area (Å²) in [7, 11) is 0. The second kappa shape index (κ2) is 6.43. The number of hydrogen-bond acceptors (Lipinski definition) is 2. The zero-order chi connectivity index (χ0) is 13.7. The minimum absolute atomic E-state index is 0.102. The summed E-state index contributed by atoms with van der Waals surface area (Å²) in [6, 6.07) is 20.9. The molecular weight excluding hydrogens is 280 g/mol. The molecule has 1 aliphatic heterocycles. The maximum absolute atomic E-state index is 3.54. The molecule has 100 valence electrons. The lowest BCUT2D eigenvalue weighted by molar-refractivity contribution is 1.05. The van der Waals surface area contributed by atoms with Crippen molar-refractivity contribution >= 4 is 23.5 Å². The van der Waals surface area contributed by atoms with E-state index >= 15 is 0 Å². The van der Waals surface area contributed by atoms with E-state index in [2.05, 4.69) is 54.3 Å². The molecule has 0 amide bonds. The molecule has 1 heterocycles. The molecular formula is C18H16S2. The van der Waals surface area contributed by atoms with Crippen LogP contribution in [-0.2, 0) is 4.08 Å². The molecule has 3 rings (SSSR count). The molecule has 1 aliphatic rings. The van der Waals surface area contributed by atoms with Crippen molar-refractivity contribution in [1.82, 2.24) is 0 Å². The third kappa shape index (κ3) is 3.06. The molecule has 2 heteroatoms. The minimum Gasteiger partial charge on any atom is -0.127 e. The van der Waals surface area contributed by atoms with Crippen molar-refractivity contribution < 1.29 is 0 Å². The fourth-order valence-corrected chi connectivity index (χ4v) is 5.20. The highest BCUT2D eigenvalue weighted by atomic mass is 32.2. The van der Waals surface area contributed by atoms with Gasteiger partial charge in [0.2, 0.25) is 0 Å². The Morgan fingerprint density at radius 1 is 0.800 bits per heavy atom. The lowest BCUT2D eigenvalue weighted by Crippen LogP contribution is -2.20. The lowest BCUT2D eigenvalue weighted by atomic mass is 10.1. The quantitative estimate of drug-likeness (QED) is 0.696. The van der Waals surface area contributed by atoms with E-state index in [0.29, 0.717) is 0 Å². The van der Waals surface area contributed by atoms with Crippen LogP contribution in [0.15, 0.2) is 60.7 Å². The van der Waals surface area contributed by atoms with Gasteiger partial charge in [-0.3, -0.25) is 0 Å². The average molecular weight is 296 g/mol. The third-order valence-electron chi connectivity index (χ3n) is 3.20. The summed E-state index contributed by atoms with van der Waals surface area (Å²) < 4.78 is -0.102. The van der Waals surface area contributed by atoms with Gasteiger partial charge in [0.1, 0.15) is 4.08 Å². The van der Waals surface area contributed by atoms with E-state index in [4.69, 9.17) is 0 Å². The van der Waals surface area contributed by atoms with E-state index in [9.17, 15) is 0 Å². The van der Waals surface area contributed by atoms with Crippen LogP contribution in [0.2, 0.25) is 0 Å². The van der Waals surface area contributed by atoms with Gasteiger partial charge >= 0.3 is 0 Å². The number of thioether (sulfide) groups is 2. The van der Waals surface area contributed by atoms with Gasteiger partial charge in [-0.25, -0.2) is 0 Å². The highest BCUT2D eigenvalue weighted by molar-refractivity contribution is 8.18. The summed E-state index contributed by atoms with van der Waals surface area (Å²) >= 11 is 3.94. The standard InChI is InChI=1S/C18H16S2/c1-3-8-16(9-4-1)12-13-18(19-14-7-15-20-18)17-10-5-2-6-11-17/h1-6,8-11H,7,14-15H2. The fraction of sp³-hybridized carbons (Fsp3) is 0.222. The molecule has 0 aromatic heterocycles. The lowest BCUT2D eigenvalue weighted by Gasteiger charge is -2.31. The van der Waals surface area contributed by atoms with Gasteiger partial charge in [0.25, 0.3) is 0 Å². The molecule has 0 unspecified atom stereocenters. The first-order chi connectivity index (χ1) is 9.89. The van der Waals surface area contributed by atoms with Crippen molar-refractivity contribution in [3.63, 3.8) is 0 Å². The van der Waals surface area contributed by atoms with Crippen LogP contribution >= 0.6 is 23.5 Å². The Morgan fingerprint density at radius 2 is 1.40 bits per heavy atom. The molecule has 1 fully saturated rings. The molecule has 0 saturated carbocycles. The van der Waals surface area contributed by atoms with Gasteiger partial charge in [-0.15, -0.1) is 23.5 Å². The predicted octanol–water partition coefficient (Wildman–Crippen LogP) is 4.76. The number of rotatable bonds is 1. The first kappa shape index (κ1) is 13.7. The van der Waals surface area contributed by atoms with Crippen LogP contribution < -0.4 is 0 Å². The summed E-state index contributed by atoms with van der Waals surface area (Å²) in [4.78, 5) is 0. The van der Waals surface area contributed by atoms with Crippen LogP contribution in [0.4, 0.5) is 0 Å². The average Bonchev–Trinajstić information content (AvgIpc) is 2.56. The highest BCUT2D eigenvalue weighted by Crippen LogP contribution is 2.49. The highest BCUT2D eigenvalue weighted by Gasteiger charge is 2.33. The second-order valence-corrected chi connectivity index (χ2v) is 7.53. The second-order valence-electron chi connectivity index (χ2n) is 4.65. The molecule has 0 spiro atoms. The van der Waals surface area contributed by atoms with Crippen LogP contribution in [0.1, 0.15) is 17.5 Å². The van der Waals surface area contributed by atoms with Crippen molar-refractivity contribution in [2.24, 2.45) is 0 Å². The number of hydrogen-bond donors (Lipinski definition) is 0. The van der Waals surface area contributed by atoms with E-state index < -0.39 is 0 Å². The van der Waals surface area contributed by atoms with Gasteiger partial charge < -0.3 is 0 Å². The third-order valence-corrected chi connectivity index (χ3v) is 6.38. The molecule has 0 bridgehead atoms. The van der Waals surface area contributed by atoms with Gasteiger partial charge in [-0.1, -0.05) is 60.4 Å². The Kier molecular flexibility index (Phi) is 4.40. The Morgan fingerprint density at radius 3 is 2.05 bits per heavy atom. The van der Waals surface area contributed by atoms with Crippen LogP contribution in [0, 0.1) is 11.8 Å². The largest absolute Gasteiger partial charge is 0.147 e. The maximum Gasteiger partial charge on any atom is 0.147 e. The van der Waals surface area contributed by atoms with Crippen molar-refractivity contribution in [2.75, 3.05) is 11.5 Å². The summed E-state index contributed by atoms with van der Waals surface area (Å²) in [6.07, 6.45) is 1.27. The molecule has 20 heavy (non-hydrogen) atoms. The molecule has 2 aromatic rings. The Labute approximate surface area is 129 Å². The van der Waals surface area contributed by atoms with Gasteiger partial charge in [0.05, 0.1) is 0 Å². The van der Waals surface area contributed by atoms with Crippen molar-refractivity contribution in [3.05, 3.63) is 71.8 Å². The zero-order valence-corrected chi connectivity index (χ0v) is 12.8. The van der Waals surface area contributed by atoms with E-state index in [-0.39, 0.29) is 4.08 Å². The predicted molar refractivity (Wildman–Crippen MR) is 91.0 cm³/mol. The van der Waals surface area contributed by atoms with Crippen LogP contribution in [0.5, 0.6) is 0 Å². The summed E-state index contributed by atoms with van der Waals surface area (Å²) in [6.45, 7) is 0. The summed E-state index contributed by atoms with van der Waals surface area (Å²) in [5.74, 6) is 9.28. The van der Waals surface area contributed by atoms with Crippen molar-refractivity contribution in [3.8, 4) is 11.8 Å². The van der Waals surface area contributed by atoms with Crippen molar-refractivity contribution in [1.29, 1.82) is 0 Å². The van der Waals surface area contributed by atoms with E-state index in [1.165, 1.54) is 23.5 Å². The topological polar surface area (TPSA) is 0 Å². The molecule has 0 aliphatic carbocycles. The van der Waals surface area contributed by atoms with Crippen LogP contribution in [0.25, 0.3) is 0 Å². The van der Waals surface area contributed by atoms with Gasteiger partial charge in [-0.05, 0) is 35.6 Å². The molecule has 0 radical (unpaired) electrons. The molecule has 0 atom stereocenters. The Balaban J connectivity index is 1.97. The number of benzene rings is 2. The van der Waals surface area contributed by atoms with Gasteiger partial charge in [0.15, 0.2) is 0 Å². The monoisotopic (exact) mass is 296 g/mol. The van der Waals surface area contributed by atoms with Crippen molar-refractivity contribution in [2.45, 2.75) is 10.5 Å².